The second-order valence-electron chi connectivity index (χ2n) is 9.40. The number of carbonyl (C=O) groups excluding carboxylic acids is 1. The van der Waals surface area contributed by atoms with Crippen LogP contribution in [0.3, 0.4) is 0 Å². The molecule has 0 radical (unpaired) electrons. The number of alkyl halides is 3. The van der Waals surface area contributed by atoms with Gasteiger partial charge in [0.25, 0.3) is 5.91 Å². The van der Waals surface area contributed by atoms with Crippen molar-refractivity contribution >= 4 is 17.2 Å². The minimum Gasteiger partial charge on any atom is -0.480 e. The van der Waals surface area contributed by atoms with Crippen LogP contribution in [0.2, 0.25) is 0 Å². The van der Waals surface area contributed by atoms with Gasteiger partial charge in [0.05, 0.1) is 24.4 Å². The lowest BCUT2D eigenvalue weighted by atomic mass is 10.0. The van der Waals surface area contributed by atoms with Crippen molar-refractivity contribution in [1.82, 2.24) is 29.4 Å². The van der Waals surface area contributed by atoms with Crippen molar-refractivity contribution in [2.24, 2.45) is 0 Å². The Morgan fingerprint density at radius 3 is 2.60 bits per heavy atom. The van der Waals surface area contributed by atoms with Crippen molar-refractivity contribution in [3.05, 3.63) is 82.9 Å². The number of aromatic nitrogens is 4. The number of hydrogen-bond donors (Lipinski definition) is 1. The van der Waals surface area contributed by atoms with Gasteiger partial charge in [-0.1, -0.05) is 12.0 Å². The van der Waals surface area contributed by atoms with E-state index in [9.17, 15) is 18.0 Å². The Balaban J connectivity index is 1.33. The number of likely N-dealkylation sites (N-methyl/N-ethyl adjacent to an activating group) is 1. The van der Waals surface area contributed by atoms with Crippen molar-refractivity contribution in [2.75, 3.05) is 45.7 Å². The Labute approximate surface area is 228 Å². The van der Waals surface area contributed by atoms with Crippen LogP contribution in [0.15, 0.2) is 55.0 Å². The number of pyridine rings is 1. The average molecular weight is 550 g/mol. The molecular weight excluding hydrogens is 523 g/mol. The van der Waals surface area contributed by atoms with E-state index in [0.717, 1.165) is 19.2 Å². The lowest BCUT2D eigenvalue weighted by Crippen LogP contribution is -2.44. The molecule has 0 aliphatic carbocycles. The maximum atomic E-state index is 13.9. The van der Waals surface area contributed by atoms with E-state index in [0.29, 0.717) is 35.9 Å². The van der Waals surface area contributed by atoms with E-state index in [1.165, 1.54) is 42.2 Å². The first kappa shape index (κ1) is 27.1. The van der Waals surface area contributed by atoms with Crippen LogP contribution in [-0.2, 0) is 12.7 Å². The average Bonchev–Trinajstić information content (AvgIpc) is 3.35. The van der Waals surface area contributed by atoms with Gasteiger partial charge in [0.15, 0.2) is 5.65 Å². The highest BCUT2D eigenvalue weighted by Crippen LogP contribution is 2.34. The molecule has 5 rings (SSSR count). The van der Waals surface area contributed by atoms with Gasteiger partial charge in [-0.3, -0.25) is 14.7 Å². The molecule has 1 amide bonds. The Kier molecular flexibility index (Phi) is 7.68. The van der Waals surface area contributed by atoms with E-state index < -0.39 is 17.6 Å². The third kappa shape index (κ3) is 6.22. The predicted octanol–water partition coefficient (Wildman–Crippen LogP) is 3.55. The second-order valence-corrected chi connectivity index (χ2v) is 9.40. The Hall–Kier alpha value is -4.47. The molecule has 0 bridgehead atoms. The van der Waals surface area contributed by atoms with Gasteiger partial charge in [0.1, 0.15) is 5.69 Å². The largest absolute Gasteiger partial charge is 0.480 e. The molecule has 1 fully saturated rings. The number of ether oxygens (including phenoxy) is 1. The van der Waals surface area contributed by atoms with Crippen LogP contribution in [0.4, 0.5) is 18.9 Å². The molecule has 9 nitrogen and oxygen atoms in total. The number of fused-ring (bicyclic) bond motifs is 1. The van der Waals surface area contributed by atoms with Crippen molar-refractivity contribution < 1.29 is 22.7 Å². The van der Waals surface area contributed by atoms with Crippen molar-refractivity contribution in [3.63, 3.8) is 0 Å². The minimum absolute atomic E-state index is 0.0432. The lowest BCUT2D eigenvalue weighted by molar-refractivity contribution is -0.138. The monoisotopic (exact) mass is 549 g/mol. The number of benzene rings is 1. The van der Waals surface area contributed by atoms with E-state index in [2.05, 4.69) is 37.1 Å². The molecule has 1 aromatic carbocycles. The maximum absolute atomic E-state index is 13.9. The van der Waals surface area contributed by atoms with Gasteiger partial charge in [-0.25, -0.2) is 9.50 Å². The number of rotatable bonds is 5. The number of imidazole rings is 1. The maximum Gasteiger partial charge on any atom is 0.416 e. The van der Waals surface area contributed by atoms with Gasteiger partial charge in [-0.15, -0.1) is 5.10 Å². The first-order chi connectivity index (χ1) is 19.2. The molecule has 206 valence electrons. The van der Waals surface area contributed by atoms with Crippen LogP contribution < -0.4 is 10.1 Å². The first-order valence-corrected chi connectivity index (χ1v) is 12.5. The molecule has 0 atom stereocenters. The number of anilines is 1. The van der Waals surface area contributed by atoms with E-state index in [1.54, 1.807) is 18.3 Å². The normalized spacial score (nSPS) is 14.5. The molecule has 40 heavy (non-hydrogen) atoms. The SMILES string of the molecule is COc1ccc2ncc(C#Cc3cncc(C(=O)Nc4ccc(CN5CCN(C)CC5)c(C(F)(F)F)c4)c3)n2n1. The summed E-state index contributed by atoms with van der Waals surface area (Å²) in [4.78, 5) is 25.4. The van der Waals surface area contributed by atoms with Gasteiger partial charge in [-0.2, -0.15) is 13.2 Å². The van der Waals surface area contributed by atoms with Crippen molar-refractivity contribution in [1.29, 1.82) is 0 Å². The summed E-state index contributed by atoms with van der Waals surface area (Å²) < 4.78 is 48.4. The fraction of sp³-hybridized carbons (Fsp3) is 0.286. The zero-order valence-corrected chi connectivity index (χ0v) is 21.9. The van der Waals surface area contributed by atoms with Crippen LogP contribution in [0, 0.1) is 11.8 Å². The molecule has 1 saturated heterocycles. The summed E-state index contributed by atoms with van der Waals surface area (Å²) in [5.74, 6) is 5.67. The lowest BCUT2D eigenvalue weighted by Gasteiger charge is -2.33. The number of hydrogen-bond acceptors (Lipinski definition) is 7. The van der Waals surface area contributed by atoms with Crippen LogP contribution in [0.5, 0.6) is 5.88 Å². The zero-order valence-electron chi connectivity index (χ0n) is 21.9. The van der Waals surface area contributed by atoms with Gasteiger partial charge in [0.2, 0.25) is 5.88 Å². The first-order valence-electron chi connectivity index (χ1n) is 12.5. The molecule has 0 unspecified atom stereocenters. The third-order valence-corrected chi connectivity index (χ3v) is 6.55. The highest BCUT2D eigenvalue weighted by molar-refractivity contribution is 6.04. The predicted molar refractivity (Wildman–Crippen MR) is 142 cm³/mol. The summed E-state index contributed by atoms with van der Waals surface area (Å²) in [7, 11) is 3.50. The van der Waals surface area contributed by atoms with Crippen LogP contribution in [-0.4, -0.2) is 75.6 Å². The van der Waals surface area contributed by atoms with Gasteiger partial charge < -0.3 is 15.0 Å². The van der Waals surface area contributed by atoms with Gasteiger partial charge >= 0.3 is 6.18 Å². The van der Waals surface area contributed by atoms with E-state index >= 15 is 0 Å². The van der Waals surface area contributed by atoms with Crippen LogP contribution in [0.25, 0.3) is 5.65 Å². The molecule has 1 aliphatic rings. The number of halogens is 3. The molecule has 4 heterocycles. The summed E-state index contributed by atoms with van der Waals surface area (Å²) in [6.07, 6.45) is -0.190. The Bertz CT molecular complexity index is 1600. The topological polar surface area (TPSA) is 87.9 Å². The molecule has 12 heteroatoms. The fourth-order valence-corrected chi connectivity index (χ4v) is 4.33. The van der Waals surface area contributed by atoms with Gasteiger partial charge in [0, 0.05) is 62.4 Å². The number of methoxy groups -OCH3 is 1. The van der Waals surface area contributed by atoms with Crippen molar-refractivity contribution in [2.45, 2.75) is 12.7 Å². The number of carbonyl (C=O) groups is 1. The third-order valence-electron chi connectivity index (χ3n) is 6.55. The number of nitrogens with zero attached hydrogens (tertiary/aromatic N) is 6. The number of amides is 1. The Morgan fingerprint density at radius 1 is 1.05 bits per heavy atom. The Morgan fingerprint density at radius 2 is 1.85 bits per heavy atom. The summed E-state index contributed by atoms with van der Waals surface area (Å²) in [5, 5.41) is 6.85. The van der Waals surface area contributed by atoms with Crippen molar-refractivity contribution in [3.8, 4) is 17.7 Å². The standard InChI is InChI=1S/C28H26F3N7O2/c1-36-9-11-37(12-10-36)18-20-4-5-22(14-24(20)28(29,30)31)34-27(39)21-13-19(15-32-16-21)3-6-23-17-33-25-7-8-26(40-2)35-38(23)25/h4-5,7-8,13-17H,9-12,18H2,1-2H3,(H,34,39). The van der Waals surface area contributed by atoms with E-state index in [-0.39, 0.29) is 23.4 Å². The fourth-order valence-electron chi connectivity index (χ4n) is 4.33. The molecule has 3 aromatic heterocycles. The summed E-state index contributed by atoms with van der Waals surface area (Å²) in [6, 6.07) is 8.83. The molecular formula is C28H26F3N7O2. The van der Waals surface area contributed by atoms with E-state index in [1.807, 2.05) is 11.9 Å². The number of piperazine rings is 1. The summed E-state index contributed by atoms with van der Waals surface area (Å²) in [5.41, 5.74) is 1.13. The summed E-state index contributed by atoms with van der Waals surface area (Å²) in [6.45, 7) is 3.19. The van der Waals surface area contributed by atoms with Crippen LogP contribution >= 0.6 is 0 Å². The smallest absolute Gasteiger partial charge is 0.416 e. The number of nitrogens with one attached hydrogen (secondary N) is 1. The molecule has 4 aromatic rings. The molecule has 1 aliphatic heterocycles. The molecule has 0 spiro atoms. The van der Waals surface area contributed by atoms with Crippen LogP contribution in [0.1, 0.15) is 32.7 Å². The van der Waals surface area contributed by atoms with Gasteiger partial charge in [-0.05, 0) is 42.8 Å². The highest BCUT2D eigenvalue weighted by Gasteiger charge is 2.34. The second kappa shape index (κ2) is 11.3. The minimum atomic E-state index is -4.56. The quantitative estimate of drug-likeness (QED) is 0.381. The summed E-state index contributed by atoms with van der Waals surface area (Å²) >= 11 is 0. The zero-order chi connectivity index (χ0) is 28.3. The molecule has 0 saturated carbocycles. The molecule has 1 N–H and O–H groups in total. The highest BCUT2D eigenvalue weighted by atomic mass is 19.4. The van der Waals surface area contributed by atoms with E-state index in [4.69, 9.17) is 4.74 Å².